The second kappa shape index (κ2) is 7.51. The second-order valence-corrected chi connectivity index (χ2v) is 5.24. The first-order valence-corrected chi connectivity index (χ1v) is 6.56. The lowest BCUT2D eigenvalue weighted by Crippen LogP contribution is -2.39. The molecule has 0 aliphatic rings. The average Bonchev–Trinajstić information content (AvgIpc) is 2.74. The van der Waals surface area contributed by atoms with Crippen molar-refractivity contribution in [2.45, 2.75) is 40.3 Å². The average molecular weight is 238 g/mol. The standard InChI is InChI=1S/C14H26N2O/c1-12(2)11-16(13(3)4)8-7-15-10-14-6-5-9-17-14/h5-6,9,12-13,15H,7-8,10-11H2,1-4H3. The zero-order valence-corrected chi connectivity index (χ0v) is 11.6. The molecule has 0 bridgehead atoms. The van der Waals surface area contributed by atoms with Gasteiger partial charge in [0.15, 0.2) is 0 Å². The van der Waals surface area contributed by atoms with Crippen LogP contribution in [0.1, 0.15) is 33.5 Å². The van der Waals surface area contributed by atoms with Crippen molar-refractivity contribution >= 4 is 0 Å². The fraction of sp³-hybridized carbons (Fsp3) is 0.714. The van der Waals surface area contributed by atoms with Crippen LogP contribution in [0.15, 0.2) is 22.8 Å². The molecule has 0 aromatic carbocycles. The largest absolute Gasteiger partial charge is 0.468 e. The van der Waals surface area contributed by atoms with Gasteiger partial charge in [-0.1, -0.05) is 13.8 Å². The molecule has 0 saturated heterocycles. The molecule has 1 N–H and O–H groups in total. The number of nitrogens with zero attached hydrogens (tertiary/aromatic N) is 1. The lowest BCUT2D eigenvalue weighted by molar-refractivity contribution is 0.197. The Labute approximate surface area is 105 Å². The lowest BCUT2D eigenvalue weighted by Gasteiger charge is -2.28. The fourth-order valence-corrected chi connectivity index (χ4v) is 1.88. The van der Waals surface area contributed by atoms with E-state index in [9.17, 15) is 0 Å². The Morgan fingerprint density at radius 3 is 2.59 bits per heavy atom. The van der Waals surface area contributed by atoms with E-state index in [1.165, 1.54) is 6.54 Å². The number of hydrogen-bond donors (Lipinski definition) is 1. The molecule has 3 nitrogen and oxygen atoms in total. The Balaban J connectivity index is 2.18. The molecular formula is C14H26N2O. The monoisotopic (exact) mass is 238 g/mol. The van der Waals surface area contributed by atoms with E-state index in [1.54, 1.807) is 6.26 Å². The zero-order chi connectivity index (χ0) is 12.7. The van der Waals surface area contributed by atoms with Gasteiger partial charge in [0, 0.05) is 25.7 Å². The van der Waals surface area contributed by atoms with Gasteiger partial charge in [0.05, 0.1) is 12.8 Å². The molecule has 0 amide bonds. The van der Waals surface area contributed by atoms with Crippen LogP contribution < -0.4 is 5.32 Å². The van der Waals surface area contributed by atoms with Crippen LogP contribution in [0.25, 0.3) is 0 Å². The summed E-state index contributed by atoms with van der Waals surface area (Å²) in [5.74, 6) is 1.73. The predicted molar refractivity (Wildman–Crippen MR) is 72.0 cm³/mol. The van der Waals surface area contributed by atoms with Crippen molar-refractivity contribution in [3.63, 3.8) is 0 Å². The van der Waals surface area contributed by atoms with Crippen molar-refractivity contribution in [1.82, 2.24) is 10.2 Å². The van der Waals surface area contributed by atoms with E-state index in [1.807, 2.05) is 12.1 Å². The Bertz CT molecular complexity index is 280. The highest BCUT2D eigenvalue weighted by atomic mass is 16.3. The molecule has 0 saturated carbocycles. The zero-order valence-electron chi connectivity index (χ0n) is 11.6. The molecule has 0 spiro atoms. The maximum absolute atomic E-state index is 5.28. The molecule has 1 aromatic rings. The van der Waals surface area contributed by atoms with Crippen LogP contribution in [0, 0.1) is 5.92 Å². The highest BCUT2D eigenvalue weighted by Crippen LogP contribution is 2.03. The molecule has 1 aromatic heterocycles. The van der Waals surface area contributed by atoms with Gasteiger partial charge in [-0.05, 0) is 31.9 Å². The Morgan fingerprint density at radius 2 is 2.06 bits per heavy atom. The van der Waals surface area contributed by atoms with Gasteiger partial charge in [0.25, 0.3) is 0 Å². The summed E-state index contributed by atoms with van der Waals surface area (Å²) in [6, 6.07) is 4.54. The van der Waals surface area contributed by atoms with Crippen LogP contribution in [0.4, 0.5) is 0 Å². The van der Waals surface area contributed by atoms with Crippen LogP contribution in [0.5, 0.6) is 0 Å². The molecule has 3 heteroatoms. The van der Waals surface area contributed by atoms with E-state index in [2.05, 4.69) is 37.9 Å². The van der Waals surface area contributed by atoms with E-state index in [0.29, 0.717) is 6.04 Å². The third-order valence-corrected chi connectivity index (χ3v) is 2.79. The minimum atomic E-state index is 0.614. The summed E-state index contributed by atoms with van der Waals surface area (Å²) in [5.41, 5.74) is 0. The maximum Gasteiger partial charge on any atom is 0.117 e. The highest BCUT2D eigenvalue weighted by Gasteiger charge is 2.10. The van der Waals surface area contributed by atoms with Gasteiger partial charge in [-0.25, -0.2) is 0 Å². The fourth-order valence-electron chi connectivity index (χ4n) is 1.88. The van der Waals surface area contributed by atoms with E-state index >= 15 is 0 Å². The van der Waals surface area contributed by atoms with Gasteiger partial charge in [-0.15, -0.1) is 0 Å². The molecule has 0 radical (unpaired) electrons. The summed E-state index contributed by atoms with van der Waals surface area (Å²) in [4.78, 5) is 2.51. The summed E-state index contributed by atoms with van der Waals surface area (Å²) >= 11 is 0. The molecule has 1 rings (SSSR count). The van der Waals surface area contributed by atoms with Gasteiger partial charge >= 0.3 is 0 Å². The maximum atomic E-state index is 5.28. The van der Waals surface area contributed by atoms with E-state index in [0.717, 1.165) is 31.3 Å². The van der Waals surface area contributed by atoms with Crippen molar-refractivity contribution in [3.8, 4) is 0 Å². The quantitative estimate of drug-likeness (QED) is 0.706. The SMILES string of the molecule is CC(C)CN(CCNCc1ccco1)C(C)C. The first kappa shape index (κ1) is 14.3. The Hall–Kier alpha value is -0.800. The third kappa shape index (κ3) is 5.89. The summed E-state index contributed by atoms with van der Waals surface area (Å²) in [5, 5.41) is 3.41. The number of hydrogen-bond acceptors (Lipinski definition) is 3. The van der Waals surface area contributed by atoms with Crippen molar-refractivity contribution in [1.29, 1.82) is 0 Å². The molecule has 0 atom stereocenters. The highest BCUT2D eigenvalue weighted by molar-refractivity contribution is 4.97. The van der Waals surface area contributed by atoms with Gasteiger partial charge in [0.1, 0.15) is 5.76 Å². The van der Waals surface area contributed by atoms with Gasteiger partial charge in [-0.2, -0.15) is 0 Å². The van der Waals surface area contributed by atoms with E-state index in [-0.39, 0.29) is 0 Å². The minimum absolute atomic E-state index is 0.614. The van der Waals surface area contributed by atoms with Crippen LogP contribution in [-0.2, 0) is 6.54 Å². The second-order valence-electron chi connectivity index (χ2n) is 5.24. The summed E-state index contributed by atoms with van der Waals surface area (Å²) in [6.07, 6.45) is 1.72. The van der Waals surface area contributed by atoms with Crippen molar-refractivity contribution < 1.29 is 4.42 Å². The van der Waals surface area contributed by atoms with E-state index < -0.39 is 0 Å². The normalized spacial score (nSPS) is 11.9. The molecule has 98 valence electrons. The smallest absolute Gasteiger partial charge is 0.117 e. The Morgan fingerprint density at radius 1 is 1.29 bits per heavy atom. The first-order chi connectivity index (χ1) is 8.09. The van der Waals surface area contributed by atoms with Crippen LogP contribution in [-0.4, -0.2) is 30.6 Å². The molecule has 0 unspecified atom stereocenters. The number of rotatable bonds is 8. The first-order valence-electron chi connectivity index (χ1n) is 6.56. The topological polar surface area (TPSA) is 28.4 Å². The summed E-state index contributed by atoms with van der Waals surface area (Å²) < 4.78 is 5.28. The lowest BCUT2D eigenvalue weighted by atomic mass is 10.2. The molecule has 17 heavy (non-hydrogen) atoms. The molecule has 1 heterocycles. The number of furan rings is 1. The third-order valence-electron chi connectivity index (χ3n) is 2.79. The van der Waals surface area contributed by atoms with E-state index in [4.69, 9.17) is 4.42 Å². The molecule has 0 fully saturated rings. The van der Waals surface area contributed by atoms with Gasteiger partial charge in [-0.3, -0.25) is 4.90 Å². The van der Waals surface area contributed by atoms with Crippen molar-refractivity contribution in [2.75, 3.05) is 19.6 Å². The molecular weight excluding hydrogens is 212 g/mol. The predicted octanol–water partition coefficient (Wildman–Crippen LogP) is 2.74. The molecule has 0 aliphatic carbocycles. The van der Waals surface area contributed by atoms with Gasteiger partial charge < -0.3 is 9.73 Å². The minimum Gasteiger partial charge on any atom is -0.468 e. The van der Waals surface area contributed by atoms with Crippen LogP contribution in [0.3, 0.4) is 0 Å². The summed E-state index contributed by atoms with van der Waals surface area (Å²) in [6.45, 7) is 13.1. The van der Waals surface area contributed by atoms with Crippen LogP contribution in [0.2, 0.25) is 0 Å². The van der Waals surface area contributed by atoms with Crippen molar-refractivity contribution in [3.05, 3.63) is 24.2 Å². The van der Waals surface area contributed by atoms with Crippen molar-refractivity contribution in [2.24, 2.45) is 5.92 Å². The summed E-state index contributed by atoms with van der Waals surface area (Å²) in [7, 11) is 0. The number of nitrogens with one attached hydrogen (secondary N) is 1. The Kier molecular flexibility index (Phi) is 6.30. The van der Waals surface area contributed by atoms with Gasteiger partial charge in [0.2, 0.25) is 0 Å². The molecule has 0 aliphatic heterocycles. The van der Waals surface area contributed by atoms with Crippen LogP contribution >= 0.6 is 0 Å².